The molecule has 3 rings (SSSR count). The van der Waals surface area contributed by atoms with E-state index in [2.05, 4.69) is 10.2 Å². The minimum absolute atomic E-state index is 0.125. The van der Waals surface area contributed by atoms with E-state index in [-0.39, 0.29) is 17.2 Å². The van der Waals surface area contributed by atoms with Gasteiger partial charge in [0.15, 0.2) is 5.71 Å². The number of hydrogen-bond donors (Lipinski definition) is 3. The van der Waals surface area contributed by atoms with Gasteiger partial charge in [0.05, 0.1) is 11.9 Å². The number of benzene rings is 1. The number of H-pyrrole nitrogens is 2. The van der Waals surface area contributed by atoms with Crippen molar-refractivity contribution < 1.29 is 9.90 Å². The summed E-state index contributed by atoms with van der Waals surface area (Å²) in [6.07, 6.45) is 0.964. The number of aromatic hydroxyl groups is 1. The molecule has 9 nitrogen and oxygen atoms in total. The molecule has 116 valence electrons. The van der Waals surface area contributed by atoms with Gasteiger partial charge in [-0.2, -0.15) is 5.10 Å². The number of nitrogens with one attached hydrogen (secondary N) is 2. The summed E-state index contributed by atoms with van der Waals surface area (Å²) in [4.78, 5) is 40.1. The lowest BCUT2D eigenvalue weighted by atomic mass is 10.1. The Bertz CT molecular complexity index is 970. The predicted molar refractivity (Wildman–Crippen MR) is 83.3 cm³/mol. The lowest BCUT2D eigenvalue weighted by molar-refractivity contribution is -0.111. The van der Waals surface area contributed by atoms with Crippen molar-refractivity contribution in [3.63, 3.8) is 0 Å². The number of amides is 1. The van der Waals surface area contributed by atoms with Gasteiger partial charge in [0.1, 0.15) is 5.56 Å². The molecule has 1 aliphatic rings. The van der Waals surface area contributed by atoms with Crippen LogP contribution in [0.15, 0.2) is 44.1 Å². The van der Waals surface area contributed by atoms with Crippen LogP contribution in [0, 0.1) is 0 Å². The number of aromatic amines is 2. The van der Waals surface area contributed by atoms with Crippen molar-refractivity contribution in [1.29, 1.82) is 0 Å². The molecule has 2 heterocycles. The number of carbonyl (C=O) groups excluding carboxylic acids is 1. The van der Waals surface area contributed by atoms with Crippen molar-refractivity contribution in [1.82, 2.24) is 9.97 Å². The van der Waals surface area contributed by atoms with E-state index in [0.29, 0.717) is 11.3 Å². The SMILES string of the molecule is CN1C(=O)/C(=N/N=C/c2c(O)[nH]c(=O)[nH]c2=O)c2ccccc21. The van der Waals surface area contributed by atoms with E-state index in [4.69, 9.17) is 0 Å². The Morgan fingerprint density at radius 1 is 1.17 bits per heavy atom. The number of rotatable bonds is 2. The van der Waals surface area contributed by atoms with Gasteiger partial charge < -0.3 is 10.0 Å². The fourth-order valence-electron chi connectivity index (χ4n) is 2.19. The van der Waals surface area contributed by atoms with Gasteiger partial charge in [-0.25, -0.2) is 4.79 Å². The van der Waals surface area contributed by atoms with Crippen molar-refractivity contribution in [2.24, 2.45) is 10.2 Å². The zero-order valence-electron chi connectivity index (χ0n) is 11.9. The van der Waals surface area contributed by atoms with Gasteiger partial charge in [0, 0.05) is 12.6 Å². The number of carbonyl (C=O) groups is 1. The lowest BCUT2D eigenvalue weighted by Gasteiger charge is -2.07. The number of aromatic nitrogens is 2. The average molecular weight is 313 g/mol. The molecule has 0 radical (unpaired) electrons. The van der Waals surface area contributed by atoms with E-state index in [1.165, 1.54) is 4.90 Å². The van der Waals surface area contributed by atoms with Gasteiger partial charge in [-0.15, -0.1) is 5.10 Å². The first-order chi connectivity index (χ1) is 11.0. The van der Waals surface area contributed by atoms with E-state index in [0.717, 1.165) is 6.21 Å². The van der Waals surface area contributed by atoms with Crippen LogP contribution < -0.4 is 16.1 Å². The lowest BCUT2D eigenvalue weighted by Crippen LogP contribution is -2.25. The highest BCUT2D eigenvalue weighted by molar-refractivity contribution is 6.54. The zero-order valence-corrected chi connectivity index (χ0v) is 11.9. The third-order valence-corrected chi connectivity index (χ3v) is 3.33. The first-order valence-corrected chi connectivity index (χ1v) is 6.53. The largest absolute Gasteiger partial charge is 0.494 e. The van der Waals surface area contributed by atoms with Crippen molar-refractivity contribution in [3.05, 3.63) is 56.2 Å². The molecule has 23 heavy (non-hydrogen) atoms. The second-order valence-corrected chi connectivity index (χ2v) is 4.75. The minimum Gasteiger partial charge on any atom is -0.494 e. The Labute approximate surface area is 128 Å². The van der Waals surface area contributed by atoms with Crippen LogP contribution in [0.5, 0.6) is 5.88 Å². The van der Waals surface area contributed by atoms with Crippen LogP contribution >= 0.6 is 0 Å². The van der Waals surface area contributed by atoms with Gasteiger partial charge in [-0.1, -0.05) is 18.2 Å². The van der Waals surface area contributed by atoms with Crippen LogP contribution in [0.25, 0.3) is 0 Å². The van der Waals surface area contributed by atoms with Crippen LogP contribution in [0.2, 0.25) is 0 Å². The van der Waals surface area contributed by atoms with Crippen molar-refractivity contribution in [2.75, 3.05) is 11.9 Å². The van der Waals surface area contributed by atoms with Crippen molar-refractivity contribution in [3.8, 4) is 5.88 Å². The van der Waals surface area contributed by atoms with Gasteiger partial charge in [0.25, 0.3) is 11.5 Å². The molecule has 0 saturated carbocycles. The number of nitrogens with zero attached hydrogens (tertiary/aromatic N) is 3. The second kappa shape index (κ2) is 5.37. The molecule has 0 atom stereocenters. The summed E-state index contributed by atoms with van der Waals surface area (Å²) in [6.45, 7) is 0. The van der Waals surface area contributed by atoms with Gasteiger partial charge in [0.2, 0.25) is 5.88 Å². The summed E-state index contributed by atoms with van der Waals surface area (Å²) in [6, 6.07) is 7.07. The van der Waals surface area contributed by atoms with Crippen molar-refractivity contribution in [2.45, 2.75) is 0 Å². The molecule has 0 aliphatic carbocycles. The predicted octanol–water partition coefficient (Wildman–Crippen LogP) is -0.432. The number of hydrogen-bond acceptors (Lipinski definition) is 6. The highest BCUT2D eigenvalue weighted by Gasteiger charge is 2.30. The Morgan fingerprint density at radius 2 is 1.91 bits per heavy atom. The Kier molecular flexibility index (Phi) is 3.37. The fraction of sp³-hybridized carbons (Fsp3) is 0.0714. The second-order valence-electron chi connectivity index (χ2n) is 4.75. The molecule has 0 fully saturated rings. The highest BCUT2D eigenvalue weighted by atomic mass is 16.3. The monoisotopic (exact) mass is 313 g/mol. The standard InChI is InChI=1S/C14H11N5O4/c1-19-9-5-3-2-4-7(9)10(13(19)22)18-15-6-8-11(20)16-14(23)17-12(8)21/h2-6H,1H3,(H3,16,17,20,21,23)/b15-6+,18-10+. The molecular formula is C14H11N5O4. The van der Waals surface area contributed by atoms with Crippen LogP contribution in [-0.4, -0.2) is 40.0 Å². The van der Waals surface area contributed by atoms with Crippen LogP contribution in [0.3, 0.4) is 0 Å². The van der Waals surface area contributed by atoms with Crippen molar-refractivity contribution >= 4 is 23.5 Å². The molecule has 9 heteroatoms. The number of likely N-dealkylation sites (N-methyl/N-ethyl adjacent to an activating group) is 1. The maximum absolute atomic E-state index is 12.1. The van der Waals surface area contributed by atoms with E-state index >= 15 is 0 Å². The van der Waals surface area contributed by atoms with Crippen LogP contribution in [-0.2, 0) is 4.79 Å². The molecule has 0 saturated heterocycles. The van der Waals surface area contributed by atoms with E-state index in [9.17, 15) is 19.5 Å². The first kappa shape index (κ1) is 14.4. The maximum atomic E-state index is 12.1. The Balaban J connectivity index is 2.00. The molecule has 0 spiro atoms. The number of fused-ring (bicyclic) bond motifs is 1. The van der Waals surface area contributed by atoms with Gasteiger partial charge in [-0.3, -0.25) is 19.6 Å². The molecule has 2 aromatic rings. The summed E-state index contributed by atoms with van der Waals surface area (Å²) in [5.41, 5.74) is -0.461. The maximum Gasteiger partial charge on any atom is 0.328 e. The molecule has 1 aliphatic heterocycles. The third kappa shape index (κ3) is 2.44. The van der Waals surface area contributed by atoms with E-state index in [1.54, 1.807) is 31.3 Å². The number of para-hydroxylation sites is 1. The summed E-state index contributed by atoms with van der Waals surface area (Å²) < 4.78 is 0. The average Bonchev–Trinajstić information content (AvgIpc) is 2.75. The number of anilines is 1. The van der Waals surface area contributed by atoms with E-state index < -0.39 is 17.1 Å². The first-order valence-electron chi connectivity index (χ1n) is 6.53. The summed E-state index contributed by atoms with van der Waals surface area (Å²) >= 11 is 0. The van der Waals surface area contributed by atoms with Crippen LogP contribution in [0.4, 0.5) is 5.69 Å². The quantitative estimate of drug-likeness (QED) is 0.512. The normalized spacial score (nSPS) is 15.6. The molecule has 0 bridgehead atoms. The topological polar surface area (TPSA) is 131 Å². The zero-order chi connectivity index (χ0) is 16.6. The van der Waals surface area contributed by atoms with Gasteiger partial charge >= 0.3 is 5.69 Å². The summed E-state index contributed by atoms with van der Waals surface area (Å²) in [5, 5.41) is 17.0. The van der Waals surface area contributed by atoms with Gasteiger partial charge in [-0.05, 0) is 6.07 Å². The third-order valence-electron chi connectivity index (χ3n) is 3.33. The molecule has 0 unspecified atom stereocenters. The molecule has 1 aromatic carbocycles. The molecule has 1 amide bonds. The van der Waals surface area contributed by atoms with Crippen LogP contribution in [0.1, 0.15) is 11.1 Å². The molecule has 1 aromatic heterocycles. The summed E-state index contributed by atoms with van der Waals surface area (Å²) in [7, 11) is 1.62. The highest BCUT2D eigenvalue weighted by Crippen LogP contribution is 2.27. The Morgan fingerprint density at radius 3 is 2.65 bits per heavy atom. The molecular weight excluding hydrogens is 302 g/mol. The smallest absolute Gasteiger partial charge is 0.328 e. The summed E-state index contributed by atoms with van der Waals surface area (Å²) in [5.74, 6) is -0.957. The minimum atomic E-state index is -0.836. The van der Waals surface area contributed by atoms with E-state index in [1.807, 2.05) is 9.97 Å². The molecule has 3 N–H and O–H groups in total. The fourth-order valence-corrected chi connectivity index (χ4v) is 2.19. The Hall–Kier alpha value is -3.49.